The zero-order valence-corrected chi connectivity index (χ0v) is 13.1. The van der Waals surface area contributed by atoms with E-state index in [1.165, 1.54) is 11.1 Å². The highest BCUT2D eigenvalue weighted by atomic mass is 32.2. The number of nitrogens with two attached hydrogens (primary N) is 1. The van der Waals surface area contributed by atoms with Crippen molar-refractivity contribution in [3.63, 3.8) is 0 Å². The van der Waals surface area contributed by atoms with Gasteiger partial charge in [-0.15, -0.1) is 11.8 Å². The predicted molar refractivity (Wildman–Crippen MR) is 87.6 cm³/mol. The van der Waals surface area contributed by atoms with Crippen LogP contribution in [-0.2, 0) is 10.5 Å². The van der Waals surface area contributed by atoms with E-state index < -0.39 is 0 Å². The number of hydrogen-bond acceptors (Lipinski definition) is 4. The van der Waals surface area contributed by atoms with Crippen LogP contribution in [0.4, 0.5) is 5.69 Å². The van der Waals surface area contributed by atoms with Gasteiger partial charge >= 0.3 is 5.97 Å². The van der Waals surface area contributed by atoms with Gasteiger partial charge in [0.25, 0.3) is 0 Å². The van der Waals surface area contributed by atoms with Crippen LogP contribution in [0.2, 0.25) is 0 Å². The highest BCUT2D eigenvalue weighted by Gasteiger charge is 2.13. The minimum absolute atomic E-state index is 0.323. The van der Waals surface area contributed by atoms with Crippen LogP contribution in [-0.4, -0.2) is 12.6 Å². The number of nitrogen functional groups attached to an aromatic ring is 1. The number of anilines is 1. The maximum absolute atomic E-state index is 12.0. The van der Waals surface area contributed by atoms with Crippen molar-refractivity contribution in [3.05, 3.63) is 59.2 Å². The SMILES string of the molecule is CCOC(=O)c1cc(N)ccc1SCc1cccc(C)c1. The van der Waals surface area contributed by atoms with Gasteiger partial charge in [-0.1, -0.05) is 29.8 Å². The molecule has 2 aromatic rings. The average molecular weight is 301 g/mol. The van der Waals surface area contributed by atoms with Gasteiger partial charge in [0.1, 0.15) is 0 Å². The Kier molecular flexibility index (Phi) is 5.28. The molecule has 0 aliphatic carbocycles. The van der Waals surface area contributed by atoms with E-state index in [1.807, 2.05) is 12.1 Å². The highest BCUT2D eigenvalue weighted by molar-refractivity contribution is 7.98. The summed E-state index contributed by atoms with van der Waals surface area (Å²) < 4.78 is 5.09. The third-order valence-corrected chi connectivity index (χ3v) is 4.12. The lowest BCUT2D eigenvalue weighted by Gasteiger charge is -2.10. The number of rotatable bonds is 5. The summed E-state index contributed by atoms with van der Waals surface area (Å²) in [6.07, 6.45) is 0. The van der Waals surface area contributed by atoms with Crippen molar-refractivity contribution in [1.29, 1.82) is 0 Å². The molecule has 3 nitrogen and oxygen atoms in total. The van der Waals surface area contributed by atoms with Crippen molar-refractivity contribution >= 4 is 23.4 Å². The number of aryl methyl sites for hydroxylation is 1. The Bertz CT molecular complexity index is 640. The highest BCUT2D eigenvalue weighted by Crippen LogP contribution is 2.28. The minimum atomic E-state index is -0.323. The van der Waals surface area contributed by atoms with Crippen LogP contribution in [0.3, 0.4) is 0 Å². The molecule has 0 bridgehead atoms. The molecule has 0 saturated heterocycles. The van der Waals surface area contributed by atoms with Gasteiger partial charge < -0.3 is 10.5 Å². The first-order chi connectivity index (χ1) is 10.1. The number of carbonyl (C=O) groups excluding carboxylic acids is 1. The Hall–Kier alpha value is -1.94. The summed E-state index contributed by atoms with van der Waals surface area (Å²) >= 11 is 1.62. The molecular weight excluding hydrogens is 282 g/mol. The molecule has 0 amide bonds. The summed E-state index contributed by atoms with van der Waals surface area (Å²) in [6.45, 7) is 4.22. The van der Waals surface area contributed by atoms with E-state index in [9.17, 15) is 4.79 Å². The van der Waals surface area contributed by atoms with Crippen molar-refractivity contribution < 1.29 is 9.53 Å². The summed E-state index contributed by atoms with van der Waals surface area (Å²) in [4.78, 5) is 12.9. The number of esters is 1. The molecule has 0 atom stereocenters. The molecular formula is C17H19NO2S. The van der Waals surface area contributed by atoms with Gasteiger partial charge in [0.05, 0.1) is 12.2 Å². The van der Waals surface area contributed by atoms with Crippen molar-refractivity contribution in [2.75, 3.05) is 12.3 Å². The fourth-order valence-corrected chi connectivity index (χ4v) is 2.97. The van der Waals surface area contributed by atoms with Gasteiger partial charge in [0.2, 0.25) is 0 Å². The normalized spacial score (nSPS) is 10.4. The monoisotopic (exact) mass is 301 g/mol. The Morgan fingerprint density at radius 1 is 1.24 bits per heavy atom. The fraction of sp³-hybridized carbons (Fsp3) is 0.235. The lowest BCUT2D eigenvalue weighted by Crippen LogP contribution is -2.07. The average Bonchev–Trinajstić information content (AvgIpc) is 2.46. The zero-order valence-electron chi connectivity index (χ0n) is 12.3. The molecule has 0 aromatic heterocycles. The van der Waals surface area contributed by atoms with Crippen LogP contribution in [0.25, 0.3) is 0 Å². The van der Waals surface area contributed by atoms with Crippen LogP contribution >= 0.6 is 11.8 Å². The number of carbonyl (C=O) groups is 1. The summed E-state index contributed by atoms with van der Waals surface area (Å²) in [7, 11) is 0. The third-order valence-electron chi connectivity index (χ3n) is 2.98. The Labute approximate surface area is 129 Å². The minimum Gasteiger partial charge on any atom is -0.462 e. The summed E-state index contributed by atoms with van der Waals surface area (Å²) in [6, 6.07) is 13.7. The van der Waals surface area contributed by atoms with Gasteiger partial charge in [-0.05, 0) is 37.6 Å². The second-order valence-electron chi connectivity index (χ2n) is 4.75. The molecule has 110 valence electrons. The second-order valence-corrected chi connectivity index (χ2v) is 5.77. The molecule has 0 fully saturated rings. The maximum atomic E-state index is 12.0. The van der Waals surface area contributed by atoms with Gasteiger partial charge in [-0.25, -0.2) is 4.79 Å². The quantitative estimate of drug-likeness (QED) is 0.514. The van der Waals surface area contributed by atoms with Crippen molar-refractivity contribution in [1.82, 2.24) is 0 Å². The van der Waals surface area contributed by atoms with E-state index >= 15 is 0 Å². The zero-order chi connectivity index (χ0) is 15.2. The van der Waals surface area contributed by atoms with Gasteiger partial charge in [0, 0.05) is 16.3 Å². The lowest BCUT2D eigenvalue weighted by atomic mass is 10.2. The molecule has 0 radical (unpaired) electrons. The lowest BCUT2D eigenvalue weighted by molar-refractivity contribution is 0.0522. The van der Waals surface area contributed by atoms with Crippen LogP contribution < -0.4 is 5.73 Å². The first kappa shape index (κ1) is 15.4. The van der Waals surface area contributed by atoms with Gasteiger partial charge in [-0.3, -0.25) is 0 Å². The summed E-state index contributed by atoms with van der Waals surface area (Å²) in [5.74, 6) is 0.481. The van der Waals surface area contributed by atoms with E-state index in [1.54, 1.807) is 30.8 Å². The molecule has 0 heterocycles. The van der Waals surface area contributed by atoms with Crippen LogP contribution in [0.15, 0.2) is 47.4 Å². The van der Waals surface area contributed by atoms with Crippen molar-refractivity contribution in [2.45, 2.75) is 24.5 Å². The molecule has 0 unspecified atom stereocenters. The summed E-state index contributed by atoms with van der Waals surface area (Å²) in [5, 5.41) is 0. The molecule has 2 N–H and O–H groups in total. The molecule has 2 aromatic carbocycles. The Balaban J connectivity index is 2.17. The first-order valence-corrected chi connectivity index (χ1v) is 7.83. The first-order valence-electron chi connectivity index (χ1n) is 6.85. The largest absolute Gasteiger partial charge is 0.462 e. The summed E-state index contributed by atoms with van der Waals surface area (Å²) in [5.41, 5.74) is 9.34. The molecule has 0 aliphatic rings. The van der Waals surface area contributed by atoms with E-state index in [0.717, 1.165) is 10.6 Å². The van der Waals surface area contributed by atoms with Crippen LogP contribution in [0, 0.1) is 6.92 Å². The Morgan fingerprint density at radius 2 is 2.05 bits per heavy atom. The fourth-order valence-electron chi connectivity index (χ4n) is 2.00. The van der Waals surface area contributed by atoms with E-state index in [-0.39, 0.29) is 5.97 Å². The molecule has 2 rings (SSSR count). The van der Waals surface area contributed by atoms with Gasteiger partial charge in [-0.2, -0.15) is 0 Å². The number of hydrogen-bond donors (Lipinski definition) is 1. The van der Waals surface area contributed by atoms with E-state index in [2.05, 4.69) is 25.1 Å². The maximum Gasteiger partial charge on any atom is 0.339 e. The van der Waals surface area contributed by atoms with E-state index in [4.69, 9.17) is 10.5 Å². The molecule has 0 aliphatic heterocycles. The smallest absolute Gasteiger partial charge is 0.339 e. The predicted octanol–water partition coefficient (Wildman–Crippen LogP) is 4.05. The molecule has 0 saturated carbocycles. The third kappa shape index (κ3) is 4.26. The molecule has 0 spiro atoms. The molecule has 21 heavy (non-hydrogen) atoms. The second kappa shape index (κ2) is 7.18. The standard InChI is InChI=1S/C17H19NO2S/c1-3-20-17(19)15-10-14(18)7-8-16(15)21-11-13-6-4-5-12(2)9-13/h4-10H,3,11,18H2,1-2H3. The Morgan fingerprint density at radius 3 is 2.76 bits per heavy atom. The molecule has 4 heteroatoms. The van der Waals surface area contributed by atoms with Crippen molar-refractivity contribution in [3.8, 4) is 0 Å². The van der Waals surface area contributed by atoms with Crippen molar-refractivity contribution in [2.24, 2.45) is 0 Å². The number of ether oxygens (including phenoxy) is 1. The number of benzene rings is 2. The van der Waals surface area contributed by atoms with Crippen LogP contribution in [0.1, 0.15) is 28.4 Å². The number of thioether (sulfide) groups is 1. The van der Waals surface area contributed by atoms with E-state index in [0.29, 0.717) is 17.9 Å². The topological polar surface area (TPSA) is 52.3 Å². The van der Waals surface area contributed by atoms with Gasteiger partial charge in [0.15, 0.2) is 0 Å². The van der Waals surface area contributed by atoms with Crippen LogP contribution in [0.5, 0.6) is 0 Å².